The van der Waals surface area contributed by atoms with E-state index in [0.717, 1.165) is 29.5 Å². The van der Waals surface area contributed by atoms with E-state index in [9.17, 15) is 0 Å². The molecule has 2 aromatic carbocycles. The van der Waals surface area contributed by atoms with Gasteiger partial charge in [0.1, 0.15) is 11.6 Å². The fraction of sp³-hybridized carbons (Fsp3) is 0.304. The number of aryl methyl sites for hydroxylation is 1. The maximum absolute atomic E-state index is 5.50. The molecule has 0 saturated heterocycles. The minimum atomic E-state index is 0.313. The van der Waals surface area contributed by atoms with E-state index in [4.69, 9.17) is 9.72 Å². The van der Waals surface area contributed by atoms with E-state index in [0.29, 0.717) is 18.6 Å². The lowest BCUT2D eigenvalue weighted by Crippen LogP contribution is -2.31. The summed E-state index contributed by atoms with van der Waals surface area (Å²) >= 11 is 0. The Kier molecular flexibility index (Phi) is 6.48. The lowest BCUT2D eigenvalue weighted by atomic mass is 10.2. The Morgan fingerprint density at radius 1 is 1.00 bits per heavy atom. The van der Waals surface area contributed by atoms with Crippen LogP contribution in [0, 0.1) is 6.92 Å². The Hall–Kier alpha value is -3.08. The molecule has 28 heavy (non-hydrogen) atoms. The zero-order valence-corrected chi connectivity index (χ0v) is 17.0. The Bertz CT molecular complexity index is 879. The molecule has 0 bridgehead atoms. The molecule has 5 nitrogen and oxygen atoms in total. The van der Waals surface area contributed by atoms with Gasteiger partial charge >= 0.3 is 0 Å². The minimum Gasteiger partial charge on any atom is -0.494 e. The van der Waals surface area contributed by atoms with Gasteiger partial charge in [0.25, 0.3) is 0 Å². The van der Waals surface area contributed by atoms with Gasteiger partial charge in [-0.15, -0.1) is 0 Å². The van der Waals surface area contributed by atoms with Crippen LogP contribution < -0.4 is 15.0 Å². The summed E-state index contributed by atoms with van der Waals surface area (Å²) in [4.78, 5) is 11.6. The van der Waals surface area contributed by atoms with Gasteiger partial charge in [-0.2, -0.15) is 4.98 Å². The molecule has 0 saturated carbocycles. The van der Waals surface area contributed by atoms with Gasteiger partial charge in [0.2, 0.25) is 5.95 Å². The largest absolute Gasteiger partial charge is 0.494 e. The molecule has 146 valence electrons. The number of nitrogens with one attached hydrogen (secondary N) is 1. The number of ether oxygens (including phenoxy) is 1. The molecule has 0 aliphatic rings. The summed E-state index contributed by atoms with van der Waals surface area (Å²) in [5, 5.41) is 3.31. The predicted molar refractivity (Wildman–Crippen MR) is 115 cm³/mol. The van der Waals surface area contributed by atoms with Crippen LogP contribution in [0.1, 0.15) is 32.0 Å². The molecule has 3 rings (SSSR count). The molecule has 1 N–H and O–H groups in total. The van der Waals surface area contributed by atoms with Gasteiger partial charge in [0.05, 0.1) is 6.61 Å². The van der Waals surface area contributed by atoms with Crippen LogP contribution in [0.2, 0.25) is 0 Å². The molecule has 0 aliphatic heterocycles. The number of rotatable bonds is 8. The van der Waals surface area contributed by atoms with Crippen molar-refractivity contribution >= 4 is 17.5 Å². The Morgan fingerprint density at radius 2 is 1.71 bits per heavy atom. The van der Waals surface area contributed by atoms with E-state index in [1.165, 1.54) is 5.56 Å². The summed E-state index contributed by atoms with van der Waals surface area (Å²) in [5.74, 6) is 2.37. The molecular weight excluding hydrogens is 348 g/mol. The fourth-order valence-electron chi connectivity index (χ4n) is 2.99. The smallest absolute Gasteiger partial charge is 0.229 e. The lowest BCUT2D eigenvalue weighted by Gasteiger charge is -2.28. The Labute approximate surface area is 167 Å². The monoisotopic (exact) mass is 376 g/mol. The summed E-state index contributed by atoms with van der Waals surface area (Å²) in [7, 11) is 0. The SMILES string of the molecule is CCOc1ccc(Nc2nc(C)cc(N(Cc3ccccc3)C(C)C)n2)cc1. The number of aromatic nitrogens is 2. The van der Waals surface area contributed by atoms with E-state index in [1.807, 2.05) is 50.2 Å². The van der Waals surface area contributed by atoms with Gasteiger partial charge in [-0.25, -0.2) is 4.98 Å². The van der Waals surface area contributed by atoms with E-state index in [1.54, 1.807) is 0 Å². The van der Waals surface area contributed by atoms with Crippen LogP contribution >= 0.6 is 0 Å². The summed E-state index contributed by atoms with van der Waals surface area (Å²) < 4.78 is 5.50. The summed E-state index contributed by atoms with van der Waals surface area (Å²) in [5.41, 5.74) is 3.12. The summed E-state index contributed by atoms with van der Waals surface area (Å²) in [6.07, 6.45) is 0. The van der Waals surface area contributed by atoms with E-state index in [-0.39, 0.29) is 0 Å². The second-order valence-electron chi connectivity index (χ2n) is 6.98. The second kappa shape index (κ2) is 9.22. The number of benzene rings is 2. The number of anilines is 3. The molecule has 0 fully saturated rings. The van der Waals surface area contributed by atoms with Crippen molar-refractivity contribution < 1.29 is 4.74 Å². The molecule has 0 unspecified atom stereocenters. The highest BCUT2D eigenvalue weighted by molar-refractivity contribution is 5.57. The summed E-state index contributed by atoms with van der Waals surface area (Å²) in [6, 6.07) is 20.6. The third-order valence-corrected chi connectivity index (χ3v) is 4.38. The van der Waals surface area contributed by atoms with Crippen LogP contribution in [0.25, 0.3) is 0 Å². The fourth-order valence-corrected chi connectivity index (χ4v) is 2.99. The topological polar surface area (TPSA) is 50.3 Å². The van der Waals surface area contributed by atoms with Crippen molar-refractivity contribution in [1.29, 1.82) is 0 Å². The normalized spacial score (nSPS) is 10.8. The quantitative estimate of drug-likeness (QED) is 0.575. The predicted octanol–water partition coefficient (Wildman–Crippen LogP) is 5.34. The second-order valence-corrected chi connectivity index (χ2v) is 6.98. The van der Waals surface area contributed by atoms with Gasteiger partial charge in [-0.05, 0) is 57.5 Å². The molecule has 0 amide bonds. The Balaban J connectivity index is 1.82. The maximum atomic E-state index is 5.50. The number of hydrogen-bond acceptors (Lipinski definition) is 5. The molecule has 3 aromatic rings. The number of nitrogens with zero attached hydrogens (tertiary/aromatic N) is 3. The van der Waals surface area contributed by atoms with Crippen molar-refractivity contribution in [3.05, 3.63) is 71.9 Å². The molecular formula is C23H28N4O. The molecule has 0 aliphatic carbocycles. The molecule has 1 aromatic heterocycles. The van der Waals surface area contributed by atoms with Gasteiger partial charge in [0, 0.05) is 30.0 Å². The van der Waals surface area contributed by atoms with E-state index >= 15 is 0 Å². The van der Waals surface area contributed by atoms with Crippen molar-refractivity contribution in [2.75, 3.05) is 16.8 Å². The highest BCUT2D eigenvalue weighted by atomic mass is 16.5. The van der Waals surface area contributed by atoms with Crippen molar-refractivity contribution in [1.82, 2.24) is 9.97 Å². The lowest BCUT2D eigenvalue weighted by molar-refractivity contribution is 0.340. The summed E-state index contributed by atoms with van der Waals surface area (Å²) in [6.45, 7) is 9.79. The van der Waals surface area contributed by atoms with Gasteiger partial charge in [0.15, 0.2) is 0 Å². The standard InChI is InChI=1S/C23H28N4O/c1-5-28-21-13-11-20(12-14-21)25-23-24-18(4)15-22(26-23)27(17(2)3)16-19-9-7-6-8-10-19/h6-15,17H,5,16H2,1-4H3,(H,24,25,26). The highest BCUT2D eigenvalue weighted by Crippen LogP contribution is 2.23. The van der Waals surface area contributed by atoms with Crippen LogP contribution in [0.3, 0.4) is 0 Å². The van der Waals surface area contributed by atoms with Crippen LogP contribution in [0.4, 0.5) is 17.5 Å². The molecule has 0 radical (unpaired) electrons. The van der Waals surface area contributed by atoms with Crippen molar-refractivity contribution in [3.63, 3.8) is 0 Å². The average molecular weight is 377 g/mol. The molecule has 1 heterocycles. The van der Waals surface area contributed by atoms with Crippen LogP contribution in [0.15, 0.2) is 60.7 Å². The molecule has 5 heteroatoms. The van der Waals surface area contributed by atoms with Gasteiger partial charge in [-0.3, -0.25) is 0 Å². The van der Waals surface area contributed by atoms with Crippen LogP contribution in [-0.4, -0.2) is 22.6 Å². The van der Waals surface area contributed by atoms with E-state index in [2.05, 4.69) is 53.3 Å². The van der Waals surface area contributed by atoms with Gasteiger partial charge in [-0.1, -0.05) is 30.3 Å². The average Bonchev–Trinajstić information content (AvgIpc) is 2.68. The van der Waals surface area contributed by atoms with Crippen molar-refractivity contribution in [2.24, 2.45) is 0 Å². The zero-order valence-electron chi connectivity index (χ0n) is 17.0. The first kappa shape index (κ1) is 19.7. The highest BCUT2D eigenvalue weighted by Gasteiger charge is 2.15. The third-order valence-electron chi connectivity index (χ3n) is 4.38. The van der Waals surface area contributed by atoms with Crippen molar-refractivity contribution in [3.8, 4) is 5.75 Å². The first-order valence-corrected chi connectivity index (χ1v) is 9.71. The van der Waals surface area contributed by atoms with Gasteiger partial charge < -0.3 is 15.0 Å². The first-order valence-electron chi connectivity index (χ1n) is 9.71. The minimum absolute atomic E-state index is 0.313. The number of hydrogen-bond donors (Lipinski definition) is 1. The first-order chi connectivity index (χ1) is 13.5. The zero-order chi connectivity index (χ0) is 19.9. The van der Waals surface area contributed by atoms with Crippen LogP contribution in [0.5, 0.6) is 5.75 Å². The molecule has 0 atom stereocenters. The molecule has 0 spiro atoms. The Morgan fingerprint density at radius 3 is 2.36 bits per heavy atom. The van der Waals surface area contributed by atoms with Crippen molar-refractivity contribution in [2.45, 2.75) is 40.3 Å². The van der Waals surface area contributed by atoms with E-state index < -0.39 is 0 Å². The third kappa shape index (κ3) is 5.22. The maximum Gasteiger partial charge on any atom is 0.229 e. The van der Waals surface area contributed by atoms with Crippen LogP contribution in [-0.2, 0) is 6.54 Å².